The van der Waals surface area contributed by atoms with Crippen molar-refractivity contribution in [3.63, 3.8) is 0 Å². The predicted molar refractivity (Wildman–Crippen MR) is 102 cm³/mol. The van der Waals surface area contributed by atoms with E-state index in [2.05, 4.69) is 41.0 Å². The summed E-state index contributed by atoms with van der Waals surface area (Å²) in [5.74, 6) is 0.286. The van der Waals surface area contributed by atoms with Gasteiger partial charge in [-0.3, -0.25) is 4.79 Å². The monoisotopic (exact) mass is 354 g/mol. The number of hydrogen-bond acceptors (Lipinski definition) is 2. The molecule has 1 unspecified atom stereocenters. The standard InChI is InChI=1S/C21H23ClN2O/c1-16-15-23(13-14-24(16)19-5-3-2-4-6-19)20(25)21(11-12-21)17-7-9-18(22)10-8-17/h2-10,16H,11-15H2,1H3. The molecule has 1 aliphatic carbocycles. The minimum absolute atomic E-state index is 0.286. The maximum atomic E-state index is 13.2. The van der Waals surface area contributed by atoms with Crippen molar-refractivity contribution in [1.82, 2.24) is 4.90 Å². The van der Waals surface area contributed by atoms with Crippen LogP contribution in [0.15, 0.2) is 54.6 Å². The number of benzene rings is 2. The van der Waals surface area contributed by atoms with Crippen LogP contribution in [0.1, 0.15) is 25.3 Å². The molecule has 0 N–H and O–H groups in total. The number of para-hydroxylation sites is 1. The zero-order chi connectivity index (χ0) is 17.4. The van der Waals surface area contributed by atoms with Crippen molar-refractivity contribution in [1.29, 1.82) is 0 Å². The molecule has 1 saturated carbocycles. The third kappa shape index (κ3) is 3.02. The molecule has 1 atom stereocenters. The van der Waals surface area contributed by atoms with Gasteiger partial charge in [-0.1, -0.05) is 41.9 Å². The fourth-order valence-corrected chi connectivity index (χ4v) is 4.09. The molecule has 1 amide bonds. The lowest BCUT2D eigenvalue weighted by molar-refractivity contribution is -0.134. The second kappa shape index (κ2) is 6.38. The number of rotatable bonds is 3. The van der Waals surface area contributed by atoms with Crippen molar-refractivity contribution < 1.29 is 4.79 Å². The summed E-state index contributed by atoms with van der Waals surface area (Å²) in [4.78, 5) is 17.7. The lowest BCUT2D eigenvalue weighted by Crippen LogP contribution is -2.55. The third-order valence-corrected chi connectivity index (χ3v) is 5.81. The summed E-state index contributed by atoms with van der Waals surface area (Å²) in [5, 5.41) is 0.720. The van der Waals surface area contributed by atoms with Crippen LogP contribution in [0, 0.1) is 0 Å². The molecule has 0 bridgehead atoms. The molecule has 1 saturated heterocycles. The molecule has 0 spiro atoms. The van der Waals surface area contributed by atoms with Gasteiger partial charge in [-0.2, -0.15) is 0 Å². The van der Waals surface area contributed by atoms with E-state index in [0.29, 0.717) is 6.04 Å². The van der Waals surface area contributed by atoms with Crippen LogP contribution < -0.4 is 4.90 Å². The molecule has 2 aliphatic rings. The molecule has 2 fully saturated rings. The Morgan fingerprint density at radius 2 is 1.72 bits per heavy atom. The van der Waals surface area contributed by atoms with E-state index in [1.165, 1.54) is 5.69 Å². The molecule has 4 rings (SSSR count). The van der Waals surface area contributed by atoms with Gasteiger partial charge in [0.25, 0.3) is 0 Å². The van der Waals surface area contributed by atoms with E-state index >= 15 is 0 Å². The summed E-state index contributed by atoms with van der Waals surface area (Å²) in [6, 6.07) is 18.6. The number of nitrogens with zero attached hydrogens (tertiary/aromatic N) is 2. The molecule has 2 aromatic carbocycles. The zero-order valence-corrected chi connectivity index (χ0v) is 15.2. The van der Waals surface area contributed by atoms with E-state index in [9.17, 15) is 4.79 Å². The van der Waals surface area contributed by atoms with Crippen LogP contribution in [0.4, 0.5) is 5.69 Å². The highest BCUT2D eigenvalue weighted by molar-refractivity contribution is 6.30. The van der Waals surface area contributed by atoms with E-state index in [0.717, 1.165) is 43.1 Å². The van der Waals surface area contributed by atoms with Crippen molar-refractivity contribution in [3.8, 4) is 0 Å². The number of carbonyl (C=O) groups is 1. The van der Waals surface area contributed by atoms with Crippen molar-refractivity contribution in [2.45, 2.75) is 31.2 Å². The highest BCUT2D eigenvalue weighted by Gasteiger charge is 2.53. The predicted octanol–water partition coefficient (Wildman–Crippen LogP) is 4.11. The van der Waals surface area contributed by atoms with E-state index in [-0.39, 0.29) is 11.3 Å². The number of halogens is 1. The Kier molecular flexibility index (Phi) is 4.20. The molecule has 130 valence electrons. The average molecular weight is 355 g/mol. The highest BCUT2D eigenvalue weighted by Crippen LogP contribution is 2.50. The van der Waals surface area contributed by atoms with Gasteiger partial charge in [-0.15, -0.1) is 0 Å². The van der Waals surface area contributed by atoms with Gasteiger partial charge in [0.05, 0.1) is 5.41 Å². The summed E-state index contributed by atoms with van der Waals surface area (Å²) >= 11 is 6.00. The lowest BCUT2D eigenvalue weighted by Gasteiger charge is -2.42. The molecular weight excluding hydrogens is 332 g/mol. The Balaban J connectivity index is 1.48. The van der Waals surface area contributed by atoms with Crippen molar-refractivity contribution in [2.75, 3.05) is 24.5 Å². The topological polar surface area (TPSA) is 23.6 Å². The molecule has 2 aromatic rings. The average Bonchev–Trinajstić information content (AvgIpc) is 3.44. The van der Waals surface area contributed by atoms with Gasteiger partial charge in [0.1, 0.15) is 0 Å². The SMILES string of the molecule is CC1CN(C(=O)C2(c3ccc(Cl)cc3)CC2)CCN1c1ccccc1. The van der Waals surface area contributed by atoms with Crippen LogP contribution in [-0.2, 0) is 10.2 Å². The number of carbonyl (C=O) groups excluding carboxylic acids is 1. The lowest BCUT2D eigenvalue weighted by atomic mass is 9.93. The normalized spacial score (nSPS) is 21.9. The number of amides is 1. The summed E-state index contributed by atoms with van der Waals surface area (Å²) < 4.78 is 0. The largest absolute Gasteiger partial charge is 0.365 e. The number of piperazine rings is 1. The minimum atomic E-state index is -0.306. The minimum Gasteiger partial charge on any atom is -0.365 e. The van der Waals surface area contributed by atoms with Gasteiger partial charge in [0.2, 0.25) is 5.91 Å². The molecule has 25 heavy (non-hydrogen) atoms. The molecule has 1 aliphatic heterocycles. The van der Waals surface area contributed by atoms with Gasteiger partial charge in [0, 0.05) is 36.4 Å². The van der Waals surface area contributed by atoms with Gasteiger partial charge < -0.3 is 9.80 Å². The first-order valence-corrected chi connectivity index (χ1v) is 9.35. The van der Waals surface area contributed by atoms with Crippen LogP contribution >= 0.6 is 11.6 Å². The maximum Gasteiger partial charge on any atom is 0.233 e. The Morgan fingerprint density at radius 1 is 1.04 bits per heavy atom. The molecule has 0 aromatic heterocycles. The summed E-state index contributed by atoms with van der Waals surface area (Å²) in [7, 11) is 0. The molecule has 4 heteroatoms. The second-order valence-electron chi connectivity index (χ2n) is 7.22. The molecular formula is C21H23ClN2O. The number of hydrogen-bond donors (Lipinski definition) is 0. The highest BCUT2D eigenvalue weighted by atomic mass is 35.5. The van der Waals surface area contributed by atoms with Crippen LogP contribution in [0.5, 0.6) is 0 Å². The van der Waals surface area contributed by atoms with Crippen molar-refractivity contribution in [2.24, 2.45) is 0 Å². The molecule has 3 nitrogen and oxygen atoms in total. The molecule has 0 radical (unpaired) electrons. The Morgan fingerprint density at radius 3 is 2.32 bits per heavy atom. The Bertz CT molecular complexity index is 755. The first-order valence-electron chi connectivity index (χ1n) is 8.97. The smallest absolute Gasteiger partial charge is 0.233 e. The van der Waals surface area contributed by atoms with Crippen LogP contribution in [-0.4, -0.2) is 36.5 Å². The van der Waals surface area contributed by atoms with Gasteiger partial charge in [0.15, 0.2) is 0 Å². The quantitative estimate of drug-likeness (QED) is 0.828. The van der Waals surface area contributed by atoms with Crippen LogP contribution in [0.3, 0.4) is 0 Å². The van der Waals surface area contributed by atoms with Crippen LogP contribution in [0.25, 0.3) is 0 Å². The Hall–Kier alpha value is -2.00. The van der Waals surface area contributed by atoms with Crippen molar-refractivity contribution >= 4 is 23.2 Å². The second-order valence-corrected chi connectivity index (χ2v) is 7.65. The first-order chi connectivity index (χ1) is 12.1. The summed E-state index contributed by atoms with van der Waals surface area (Å²) in [6.45, 7) is 4.65. The number of anilines is 1. The van der Waals surface area contributed by atoms with Crippen LogP contribution in [0.2, 0.25) is 5.02 Å². The first kappa shape index (κ1) is 16.5. The molecule has 1 heterocycles. The van der Waals surface area contributed by atoms with E-state index in [4.69, 9.17) is 11.6 Å². The third-order valence-electron chi connectivity index (χ3n) is 5.56. The van der Waals surface area contributed by atoms with Crippen molar-refractivity contribution in [3.05, 3.63) is 65.2 Å². The van der Waals surface area contributed by atoms with E-state index in [1.54, 1.807) is 0 Å². The van der Waals surface area contributed by atoms with Gasteiger partial charge in [-0.05, 0) is 49.6 Å². The fraction of sp³-hybridized carbons (Fsp3) is 0.381. The zero-order valence-electron chi connectivity index (χ0n) is 14.5. The fourth-order valence-electron chi connectivity index (χ4n) is 3.97. The maximum absolute atomic E-state index is 13.2. The summed E-state index contributed by atoms with van der Waals surface area (Å²) in [5.41, 5.74) is 2.04. The van der Waals surface area contributed by atoms with Gasteiger partial charge in [-0.25, -0.2) is 0 Å². The van der Waals surface area contributed by atoms with E-state index < -0.39 is 0 Å². The Labute approximate surface area is 154 Å². The van der Waals surface area contributed by atoms with E-state index in [1.807, 2.05) is 30.3 Å². The summed E-state index contributed by atoms with van der Waals surface area (Å²) in [6.07, 6.45) is 1.89. The van der Waals surface area contributed by atoms with Gasteiger partial charge >= 0.3 is 0 Å².